The molecule has 1 aliphatic heterocycles. The number of piperazine rings is 1. The highest BCUT2D eigenvalue weighted by atomic mass is 16.1. The van der Waals surface area contributed by atoms with Gasteiger partial charge in [-0.25, -0.2) is 4.98 Å². The van der Waals surface area contributed by atoms with Crippen LogP contribution in [0.4, 0.5) is 5.82 Å². The predicted octanol–water partition coefficient (Wildman–Crippen LogP) is 2.03. The van der Waals surface area contributed by atoms with Gasteiger partial charge in [0.25, 0.3) is 0 Å². The Morgan fingerprint density at radius 2 is 1.91 bits per heavy atom. The van der Waals surface area contributed by atoms with E-state index in [1.54, 1.807) is 0 Å². The number of pyridine rings is 1. The normalized spacial score (nSPS) is 16.1. The summed E-state index contributed by atoms with van der Waals surface area (Å²) in [6.45, 7) is 10.9. The van der Waals surface area contributed by atoms with Gasteiger partial charge in [-0.05, 0) is 24.5 Å². The van der Waals surface area contributed by atoms with Gasteiger partial charge in [0, 0.05) is 51.9 Å². The van der Waals surface area contributed by atoms with E-state index in [1.807, 2.05) is 12.3 Å². The van der Waals surface area contributed by atoms with Crippen LogP contribution in [0.5, 0.6) is 0 Å². The van der Waals surface area contributed by atoms with E-state index in [-0.39, 0.29) is 5.91 Å². The number of anilines is 1. The minimum absolute atomic E-state index is 0.0124. The maximum Gasteiger partial charge on any atom is 0.217 e. The van der Waals surface area contributed by atoms with Crippen molar-refractivity contribution in [1.29, 1.82) is 0 Å². The Morgan fingerprint density at radius 1 is 1.23 bits per heavy atom. The van der Waals surface area contributed by atoms with Crippen molar-refractivity contribution in [1.82, 2.24) is 15.2 Å². The molecule has 0 saturated carbocycles. The molecule has 0 spiro atoms. The zero-order chi connectivity index (χ0) is 15.9. The summed E-state index contributed by atoms with van der Waals surface area (Å²) in [5, 5.41) is 2.79. The van der Waals surface area contributed by atoms with Crippen LogP contribution in [-0.2, 0) is 11.3 Å². The molecule has 0 unspecified atom stereocenters. The number of hydrogen-bond donors (Lipinski definition) is 1. The molecule has 1 aromatic heterocycles. The minimum atomic E-state index is -0.0124. The van der Waals surface area contributed by atoms with Crippen molar-refractivity contribution < 1.29 is 4.79 Å². The summed E-state index contributed by atoms with van der Waals surface area (Å²) in [6.07, 6.45) is 4.32. The molecule has 1 fully saturated rings. The smallest absolute Gasteiger partial charge is 0.217 e. The third kappa shape index (κ3) is 4.44. The van der Waals surface area contributed by atoms with Gasteiger partial charge in [0.05, 0.1) is 0 Å². The average Bonchev–Trinajstić information content (AvgIpc) is 2.55. The van der Waals surface area contributed by atoms with Gasteiger partial charge in [-0.3, -0.25) is 9.69 Å². The van der Waals surface area contributed by atoms with E-state index in [9.17, 15) is 4.79 Å². The first-order chi connectivity index (χ1) is 10.6. The van der Waals surface area contributed by atoms with Crippen LogP contribution < -0.4 is 10.2 Å². The fourth-order valence-electron chi connectivity index (χ4n) is 3.06. The molecule has 2 rings (SSSR count). The van der Waals surface area contributed by atoms with E-state index in [4.69, 9.17) is 0 Å². The van der Waals surface area contributed by atoms with Crippen molar-refractivity contribution in [2.24, 2.45) is 0 Å². The molecule has 1 aromatic rings. The second-order valence-corrected chi connectivity index (χ2v) is 5.93. The van der Waals surface area contributed by atoms with E-state index in [0.717, 1.165) is 43.6 Å². The number of carbonyl (C=O) groups excluding carboxylic acids is 1. The Kier molecular flexibility index (Phi) is 6.19. The third-order valence-corrected chi connectivity index (χ3v) is 4.45. The molecule has 22 heavy (non-hydrogen) atoms. The van der Waals surface area contributed by atoms with Crippen LogP contribution in [0.1, 0.15) is 39.2 Å². The summed E-state index contributed by atoms with van der Waals surface area (Å²) in [6, 6.07) is 4.82. The summed E-state index contributed by atoms with van der Waals surface area (Å²) < 4.78 is 0. The van der Waals surface area contributed by atoms with Crippen LogP contribution in [0.3, 0.4) is 0 Å². The number of nitrogens with zero attached hydrogens (tertiary/aromatic N) is 3. The Labute approximate surface area is 133 Å². The highest BCUT2D eigenvalue weighted by Gasteiger charge is 2.22. The molecule has 1 amide bonds. The summed E-state index contributed by atoms with van der Waals surface area (Å²) in [5.74, 6) is 1.03. The van der Waals surface area contributed by atoms with E-state index in [2.05, 4.69) is 40.0 Å². The van der Waals surface area contributed by atoms with Crippen LogP contribution >= 0.6 is 0 Å². The highest BCUT2D eigenvalue weighted by Crippen LogP contribution is 2.17. The van der Waals surface area contributed by atoms with Gasteiger partial charge in [-0.2, -0.15) is 0 Å². The number of hydrogen-bond acceptors (Lipinski definition) is 4. The second-order valence-electron chi connectivity index (χ2n) is 5.93. The van der Waals surface area contributed by atoms with E-state index in [1.165, 1.54) is 19.8 Å². The molecule has 0 bridgehead atoms. The number of nitrogens with one attached hydrogen (secondary N) is 1. The fourth-order valence-corrected chi connectivity index (χ4v) is 3.06. The Hall–Kier alpha value is -1.62. The maximum atomic E-state index is 10.9. The van der Waals surface area contributed by atoms with Crippen molar-refractivity contribution in [3.63, 3.8) is 0 Å². The molecule has 122 valence electrons. The van der Waals surface area contributed by atoms with Crippen molar-refractivity contribution >= 4 is 11.7 Å². The Morgan fingerprint density at radius 3 is 2.41 bits per heavy atom. The first-order valence-electron chi connectivity index (χ1n) is 8.32. The van der Waals surface area contributed by atoms with Gasteiger partial charge in [-0.1, -0.05) is 19.9 Å². The van der Waals surface area contributed by atoms with Crippen LogP contribution in [0.15, 0.2) is 18.3 Å². The molecule has 1 N–H and O–H groups in total. The highest BCUT2D eigenvalue weighted by molar-refractivity contribution is 5.72. The second kappa shape index (κ2) is 8.13. The number of amides is 1. The topological polar surface area (TPSA) is 48.5 Å². The molecule has 5 nitrogen and oxygen atoms in total. The summed E-state index contributed by atoms with van der Waals surface area (Å²) >= 11 is 0. The summed E-state index contributed by atoms with van der Waals surface area (Å²) in [7, 11) is 0. The van der Waals surface area contributed by atoms with Gasteiger partial charge >= 0.3 is 0 Å². The van der Waals surface area contributed by atoms with Gasteiger partial charge in [0.15, 0.2) is 0 Å². The average molecular weight is 304 g/mol. The molecule has 5 heteroatoms. The van der Waals surface area contributed by atoms with E-state index < -0.39 is 0 Å². The van der Waals surface area contributed by atoms with Crippen LogP contribution in [0.2, 0.25) is 0 Å². The summed E-state index contributed by atoms with van der Waals surface area (Å²) in [4.78, 5) is 20.4. The standard InChI is InChI=1S/C17H28N4O/c1-4-16(5-2)20-8-10-21(11-9-20)17-7-6-15(13-19-17)12-18-14(3)22/h6-7,13,16H,4-5,8-12H2,1-3H3,(H,18,22). The quantitative estimate of drug-likeness (QED) is 0.873. The number of rotatable bonds is 6. The van der Waals surface area contributed by atoms with Crippen molar-refractivity contribution in [2.75, 3.05) is 31.1 Å². The van der Waals surface area contributed by atoms with Gasteiger partial charge in [0.2, 0.25) is 5.91 Å². The number of aromatic nitrogens is 1. The Balaban J connectivity index is 1.87. The molecule has 0 aromatic carbocycles. The van der Waals surface area contributed by atoms with E-state index in [0.29, 0.717) is 6.54 Å². The maximum absolute atomic E-state index is 10.9. The first kappa shape index (κ1) is 16.7. The van der Waals surface area contributed by atoms with Crippen LogP contribution in [-0.4, -0.2) is 48.0 Å². The van der Waals surface area contributed by atoms with Crippen LogP contribution in [0, 0.1) is 0 Å². The van der Waals surface area contributed by atoms with Crippen molar-refractivity contribution in [3.05, 3.63) is 23.9 Å². The van der Waals surface area contributed by atoms with Crippen LogP contribution in [0.25, 0.3) is 0 Å². The lowest BCUT2D eigenvalue weighted by molar-refractivity contribution is -0.119. The summed E-state index contributed by atoms with van der Waals surface area (Å²) in [5.41, 5.74) is 1.04. The molecule has 1 saturated heterocycles. The first-order valence-corrected chi connectivity index (χ1v) is 8.32. The van der Waals surface area contributed by atoms with Gasteiger partial charge in [-0.15, -0.1) is 0 Å². The van der Waals surface area contributed by atoms with E-state index >= 15 is 0 Å². The zero-order valence-electron chi connectivity index (χ0n) is 14.0. The lowest BCUT2D eigenvalue weighted by atomic mass is 10.1. The largest absolute Gasteiger partial charge is 0.354 e. The third-order valence-electron chi connectivity index (χ3n) is 4.45. The lowest BCUT2D eigenvalue weighted by Gasteiger charge is -2.39. The molecular weight excluding hydrogens is 276 g/mol. The van der Waals surface area contributed by atoms with Gasteiger partial charge in [0.1, 0.15) is 5.82 Å². The molecule has 0 atom stereocenters. The number of carbonyl (C=O) groups is 1. The minimum Gasteiger partial charge on any atom is -0.354 e. The predicted molar refractivity (Wildman–Crippen MR) is 89.9 cm³/mol. The zero-order valence-corrected chi connectivity index (χ0v) is 14.0. The lowest BCUT2D eigenvalue weighted by Crippen LogP contribution is -2.50. The molecule has 2 heterocycles. The molecule has 0 radical (unpaired) electrons. The van der Waals surface area contributed by atoms with Gasteiger partial charge < -0.3 is 10.2 Å². The molecule has 1 aliphatic rings. The van der Waals surface area contributed by atoms with Crippen molar-refractivity contribution in [2.45, 2.75) is 46.2 Å². The monoisotopic (exact) mass is 304 g/mol. The fraction of sp³-hybridized carbons (Fsp3) is 0.647. The van der Waals surface area contributed by atoms with Crippen molar-refractivity contribution in [3.8, 4) is 0 Å². The SMILES string of the molecule is CCC(CC)N1CCN(c2ccc(CNC(C)=O)cn2)CC1. The molecular formula is C17H28N4O. The Bertz CT molecular complexity index is 462. The molecule has 0 aliphatic carbocycles.